The van der Waals surface area contributed by atoms with Crippen molar-refractivity contribution in [3.63, 3.8) is 0 Å². The van der Waals surface area contributed by atoms with E-state index in [2.05, 4.69) is 23.4 Å². The van der Waals surface area contributed by atoms with Crippen LogP contribution in [0.15, 0.2) is 29.8 Å². The van der Waals surface area contributed by atoms with Gasteiger partial charge in [0.2, 0.25) is 5.88 Å². The van der Waals surface area contributed by atoms with Gasteiger partial charge in [-0.05, 0) is 42.0 Å². The summed E-state index contributed by atoms with van der Waals surface area (Å²) in [5, 5.41) is 2.12. The lowest BCUT2D eigenvalue weighted by Crippen LogP contribution is -2.39. The summed E-state index contributed by atoms with van der Waals surface area (Å²) >= 11 is 1.79. The third-order valence-electron chi connectivity index (χ3n) is 3.94. The summed E-state index contributed by atoms with van der Waals surface area (Å²) in [7, 11) is 1.55. The van der Waals surface area contributed by atoms with Crippen LogP contribution in [-0.4, -0.2) is 29.4 Å². The number of amides is 1. The van der Waals surface area contributed by atoms with Gasteiger partial charge in [0.25, 0.3) is 5.91 Å². The molecular weight excluding hydrogens is 284 g/mol. The van der Waals surface area contributed by atoms with Gasteiger partial charge in [0.1, 0.15) is 5.56 Å². The Bertz CT molecular complexity index is 653. The SMILES string of the molecule is CCC1c2ccsc2CCN1C(=O)c1cccnc1OC. The average molecular weight is 302 g/mol. The van der Waals surface area contributed by atoms with E-state index in [1.807, 2.05) is 4.90 Å². The van der Waals surface area contributed by atoms with Crippen molar-refractivity contribution in [1.82, 2.24) is 9.88 Å². The molecule has 0 spiro atoms. The second-order valence-corrected chi connectivity index (χ2v) is 6.03. The number of fused-ring (bicyclic) bond motifs is 1. The second-order valence-electron chi connectivity index (χ2n) is 5.03. The fourth-order valence-corrected chi connectivity index (χ4v) is 3.88. The summed E-state index contributed by atoms with van der Waals surface area (Å²) in [6.07, 6.45) is 3.48. The number of carbonyl (C=O) groups is 1. The molecule has 1 aliphatic heterocycles. The molecule has 1 aliphatic rings. The number of aromatic nitrogens is 1. The van der Waals surface area contributed by atoms with E-state index in [-0.39, 0.29) is 11.9 Å². The molecule has 5 heteroatoms. The molecule has 4 nitrogen and oxygen atoms in total. The van der Waals surface area contributed by atoms with Gasteiger partial charge in [0.15, 0.2) is 0 Å². The van der Waals surface area contributed by atoms with Crippen molar-refractivity contribution in [2.75, 3.05) is 13.7 Å². The number of carbonyl (C=O) groups excluding carboxylic acids is 1. The van der Waals surface area contributed by atoms with Crippen LogP contribution in [0.3, 0.4) is 0 Å². The lowest BCUT2D eigenvalue weighted by atomic mass is 9.97. The largest absolute Gasteiger partial charge is 0.480 e. The molecule has 1 unspecified atom stereocenters. The summed E-state index contributed by atoms with van der Waals surface area (Å²) < 4.78 is 5.22. The molecule has 110 valence electrons. The number of methoxy groups -OCH3 is 1. The Labute approximate surface area is 128 Å². The highest BCUT2D eigenvalue weighted by Gasteiger charge is 2.32. The van der Waals surface area contributed by atoms with Crippen LogP contribution in [0, 0.1) is 0 Å². The zero-order valence-corrected chi connectivity index (χ0v) is 13.0. The molecule has 0 N–H and O–H groups in total. The van der Waals surface area contributed by atoms with Gasteiger partial charge < -0.3 is 9.64 Å². The van der Waals surface area contributed by atoms with Crippen molar-refractivity contribution in [2.24, 2.45) is 0 Å². The van der Waals surface area contributed by atoms with Crippen molar-refractivity contribution in [3.8, 4) is 5.88 Å². The summed E-state index contributed by atoms with van der Waals surface area (Å²) in [5.41, 5.74) is 1.84. The number of rotatable bonds is 3. The highest BCUT2D eigenvalue weighted by molar-refractivity contribution is 7.10. The molecule has 2 aromatic rings. The fourth-order valence-electron chi connectivity index (χ4n) is 2.95. The van der Waals surface area contributed by atoms with Crippen molar-refractivity contribution in [3.05, 3.63) is 45.8 Å². The predicted molar refractivity (Wildman–Crippen MR) is 82.9 cm³/mol. The maximum absolute atomic E-state index is 12.9. The molecule has 1 amide bonds. The molecule has 0 saturated carbocycles. The molecule has 0 aliphatic carbocycles. The Balaban J connectivity index is 1.95. The van der Waals surface area contributed by atoms with Gasteiger partial charge in [-0.1, -0.05) is 6.92 Å². The number of thiophene rings is 1. The van der Waals surface area contributed by atoms with E-state index < -0.39 is 0 Å². The Morgan fingerprint density at radius 1 is 1.52 bits per heavy atom. The molecule has 3 rings (SSSR count). The van der Waals surface area contributed by atoms with Gasteiger partial charge in [0.05, 0.1) is 13.2 Å². The minimum Gasteiger partial charge on any atom is -0.480 e. The first-order chi connectivity index (χ1) is 10.3. The zero-order chi connectivity index (χ0) is 14.8. The number of pyridine rings is 1. The molecule has 21 heavy (non-hydrogen) atoms. The van der Waals surface area contributed by atoms with Gasteiger partial charge >= 0.3 is 0 Å². The Hall–Kier alpha value is -1.88. The predicted octanol–water partition coefficient (Wildman–Crippen LogP) is 3.30. The highest BCUT2D eigenvalue weighted by atomic mass is 32.1. The first-order valence-corrected chi connectivity index (χ1v) is 8.00. The van der Waals surface area contributed by atoms with E-state index in [0.29, 0.717) is 11.4 Å². The third kappa shape index (κ3) is 2.42. The molecule has 2 aromatic heterocycles. The van der Waals surface area contributed by atoms with Gasteiger partial charge in [0, 0.05) is 17.6 Å². The van der Waals surface area contributed by atoms with Crippen molar-refractivity contribution in [2.45, 2.75) is 25.8 Å². The van der Waals surface area contributed by atoms with E-state index in [1.165, 1.54) is 10.4 Å². The monoisotopic (exact) mass is 302 g/mol. The highest BCUT2D eigenvalue weighted by Crippen LogP contribution is 2.36. The lowest BCUT2D eigenvalue weighted by molar-refractivity contribution is 0.0653. The number of hydrogen-bond donors (Lipinski definition) is 0. The van der Waals surface area contributed by atoms with E-state index in [9.17, 15) is 4.79 Å². The molecule has 3 heterocycles. The Kier molecular flexibility index (Phi) is 3.92. The Morgan fingerprint density at radius 2 is 2.38 bits per heavy atom. The van der Waals surface area contributed by atoms with Crippen molar-refractivity contribution < 1.29 is 9.53 Å². The molecule has 0 saturated heterocycles. The minimum atomic E-state index is 0.00338. The van der Waals surface area contributed by atoms with Crippen LogP contribution >= 0.6 is 11.3 Å². The number of nitrogens with zero attached hydrogens (tertiary/aromatic N) is 2. The Morgan fingerprint density at radius 3 is 3.14 bits per heavy atom. The van der Waals surface area contributed by atoms with Crippen LogP contribution in [0.2, 0.25) is 0 Å². The van der Waals surface area contributed by atoms with E-state index >= 15 is 0 Å². The third-order valence-corrected chi connectivity index (χ3v) is 4.93. The average Bonchev–Trinajstić information content (AvgIpc) is 3.01. The normalized spacial score (nSPS) is 17.4. The van der Waals surface area contributed by atoms with Gasteiger partial charge in [-0.25, -0.2) is 4.98 Å². The number of hydrogen-bond acceptors (Lipinski definition) is 4. The standard InChI is InChI=1S/C16H18N2O2S/c1-3-13-11-7-10-21-14(11)6-9-18(13)16(19)12-5-4-8-17-15(12)20-2/h4-5,7-8,10,13H,3,6,9H2,1-2H3. The van der Waals surface area contributed by atoms with Crippen molar-refractivity contribution >= 4 is 17.2 Å². The number of ether oxygens (including phenoxy) is 1. The van der Waals surface area contributed by atoms with E-state index in [1.54, 1.807) is 36.8 Å². The van der Waals surface area contributed by atoms with Crippen LogP contribution in [0.4, 0.5) is 0 Å². The van der Waals surface area contributed by atoms with E-state index in [0.717, 1.165) is 19.4 Å². The summed E-state index contributed by atoms with van der Waals surface area (Å²) in [5.74, 6) is 0.400. The molecule has 0 fully saturated rings. The molecular formula is C16H18N2O2S. The van der Waals surface area contributed by atoms with Crippen LogP contribution in [0.25, 0.3) is 0 Å². The zero-order valence-electron chi connectivity index (χ0n) is 12.2. The molecule has 0 radical (unpaired) electrons. The molecule has 0 bridgehead atoms. The summed E-state index contributed by atoms with van der Waals surface area (Å²) in [6, 6.07) is 5.85. The quantitative estimate of drug-likeness (QED) is 0.873. The smallest absolute Gasteiger partial charge is 0.259 e. The van der Waals surface area contributed by atoms with E-state index in [4.69, 9.17) is 4.74 Å². The fraction of sp³-hybridized carbons (Fsp3) is 0.375. The van der Waals surface area contributed by atoms with Gasteiger partial charge in [-0.15, -0.1) is 11.3 Å². The summed E-state index contributed by atoms with van der Waals surface area (Å²) in [4.78, 5) is 20.4. The van der Waals surface area contributed by atoms with Crippen LogP contribution in [0.5, 0.6) is 5.88 Å². The maximum atomic E-state index is 12.9. The minimum absolute atomic E-state index is 0.00338. The van der Waals surface area contributed by atoms with Gasteiger partial charge in [-0.2, -0.15) is 0 Å². The molecule has 1 atom stereocenters. The van der Waals surface area contributed by atoms with Crippen LogP contribution < -0.4 is 4.74 Å². The second kappa shape index (κ2) is 5.85. The first-order valence-electron chi connectivity index (χ1n) is 7.12. The lowest BCUT2D eigenvalue weighted by Gasteiger charge is -2.35. The first kappa shape index (κ1) is 14.1. The van der Waals surface area contributed by atoms with Crippen LogP contribution in [0.1, 0.15) is 40.2 Å². The maximum Gasteiger partial charge on any atom is 0.259 e. The van der Waals surface area contributed by atoms with Crippen LogP contribution in [-0.2, 0) is 6.42 Å². The van der Waals surface area contributed by atoms with Gasteiger partial charge in [-0.3, -0.25) is 4.79 Å². The summed E-state index contributed by atoms with van der Waals surface area (Å²) in [6.45, 7) is 2.88. The molecule has 0 aromatic carbocycles. The topological polar surface area (TPSA) is 42.4 Å². The van der Waals surface area contributed by atoms with Crippen molar-refractivity contribution in [1.29, 1.82) is 0 Å².